The van der Waals surface area contributed by atoms with Gasteiger partial charge in [-0.1, -0.05) is 25.0 Å². The number of nitriles is 1. The summed E-state index contributed by atoms with van der Waals surface area (Å²) in [5.41, 5.74) is 6.15. The Balaban J connectivity index is 2.24. The van der Waals surface area contributed by atoms with Gasteiger partial charge in [0.25, 0.3) is 0 Å². The fourth-order valence-electron chi connectivity index (χ4n) is 2.82. The quantitative estimate of drug-likeness (QED) is 0.847. The summed E-state index contributed by atoms with van der Waals surface area (Å²) in [5.74, 6) is -0.881. The van der Waals surface area contributed by atoms with E-state index in [4.69, 9.17) is 11.0 Å². The molecule has 1 aliphatic carbocycles. The lowest BCUT2D eigenvalue weighted by molar-refractivity contribution is -0.118. The van der Waals surface area contributed by atoms with Gasteiger partial charge in [-0.25, -0.2) is 8.42 Å². The summed E-state index contributed by atoms with van der Waals surface area (Å²) in [4.78, 5) is 11.2. The van der Waals surface area contributed by atoms with Crippen molar-refractivity contribution in [1.82, 2.24) is 4.31 Å². The smallest absolute Gasteiger partial charge is 0.232 e. The van der Waals surface area contributed by atoms with Crippen LogP contribution in [0.25, 0.3) is 0 Å². The molecular formula is C15H19N3O3S. The lowest BCUT2D eigenvalue weighted by Crippen LogP contribution is -2.44. The Morgan fingerprint density at radius 1 is 1.36 bits per heavy atom. The molecule has 1 fully saturated rings. The predicted molar refractivity (Wildman–Crippen MR) is 81.9 cm³/mol. The second-order valence-electron chi connectivity index (χ2n) is 5.52. The summed E-state index contributed by atoms with van der Waals surface area (Å²) in [6.45, 7) is -0.287. The zero-order valence-corrected chi connectivity index (χ0v) is 13.1. The van der Waals surface area contributed by atoms with Crippen LogP contribution in [-0.2, 0) is 20.6 Å². The fraction of sp³-hybridized carbons (Fsp3) is 0.467. The highest BCUT2D eigenvalue weighted by Crippen LogP contribution is 2.27. The minimum absolute atomic E-state index is 0.156. The second kappa shape index (κ2) is 6.90. The molecule has 0 unspecified atom stereocenters. The molecule has 0 radical (unpaired) electrons. The van der Waals surface area contributed by atoms with Gasteiger partial charge in [0.1, 0.15) is 0 Å². The predicted octanol–water partition coefficient (Wildman–Crippen LogP) is 1.12. The molecule has 2 N–H and O–H groups in total. The highest BCUT2D eigenvalue weighted by Gasteiger charge is 2.33. The van der Waals surface area contributed by atoms with Crippen molar-refractivity contribution in [1.29, 1.82) is 5.26 Å². The van der Waals surface area contributed by atoms with Gasteiger partial charge in [-0.3, -0.25) is 4.79 Å². The van der Waals surface area contributed by atoms with Gasteiger partial charge in [-0.15, -0.1) is 0 Å². The maximum Gasteiger partial charge on any atom is 0.232 e. The first-order valence-electron chi connectivity index (χ1n) is 7.19. The average Bonchev–Trinajstić information content (AvgIpc) is 2.98. The van der Waals surface area contributed by atoms with E-state index in [-0.39, 0.29) is 18.3 Å². The minimum atomic E-state index is -3.66. The monoisotopic (exact) mass is 321 g/mol. The lowest BCUT2D eigenvalue weighted by Gasteiger charge is -2.26. The Labute approximate surface area is 130 Å². The first-order valence-corrected chi connectivity index (χ1v) is 8.80. The van der Waals surface area contributed by atoms with Crippen molar-refractivity contribution < 1.29 is 13.2 Å². The molecule has 1 aliphatic rings. The van der Waals surface area contributed by atoms with Gasteiger partial charge in [-0.2, -0.15) is 9.57 Å². The Bertz CT molecular complexity index is 688. The molecule has 1 aromatic carbocycles. The van der Waals surface area contributed by atoms with Gasteiger partial charge in [0.15, 0.2) is 0 Å². The van der Waals surface area contributed by atoms with E-state index in [1.54, 1.807) is 24.3 Å². The van der Waals surface area contributed by atoms with E-state index in [2.05, 4.69) is 0 Å². The third kappa shape index (κ3) is 4.06. The molecule has 0 saturated heterocycles. The van der Waals surface area contributed by atoms with Crippen LogP contribution in [0.5, 0.6) is 0 Å². The van der Waals surface area contributed by atoms with Crippen molar-refractivity contribution >= 4 is 15.9 Å². The normalized spacial score (nSPS) is 15.8. The Morgan fingerprint density at radius 2 is 2.05 bits per heavy atom. The van der Waals surface area contributed by atoms with Crippen LogP contribution in [-0.4, -0.2) is 31.2 Å². The summed E-state index contributed by atoms with van der Waals surface area (Å²) in [7, 11) is -3.66. The maximum atomic E-state index is 12.7. The van der Waals surface area contributed by atoms with Gasteiger partial charge >= 0.3 is 0 Å². The van der Waals surface area contributed by atoms with Crippen LogP contribution < -0.4 is 5.73 Å². The van der Waals surface area contributed by atoms with Crippen LogP contribution in [0.3, 0.4) is 0 Å². The van der Waals surface area contributed by atoms with Crippen molar-refractivity contribution in [2.75, 3.05) is 6.54 Å². The van der Waals surface area contributed by atoms with Gasteiger partial charge in [0, 0.05) is 6.04 Å². The molecule has 2 rings (SSSR count). The van der Waals surface area contributed by atoms with Gasteiger partial charge < -0.3 is 5.73 Å². The first-order chi connectivity index (χ1) is 10.4. The molecule has 1 amide bonds. The lowest BCUT2D eigenvalue weighted by atomic mass is 10.2. The first kappa shape index (κ1) is 16.5. The second-order valence-corrected chi connectivity index (χ2v) is 7.44. The van der Waals surface area contributed by atoms with E-state index in [1.807, 2.05) is 6.07 Å². The van der Waals surface area contributed by atoms with Crippen LogP contribution in [0, 0.1) is 11.3 Å². The summed E-state index contributed by atoms with van der Waals surface area (Å²) >= 11 is 0. The molecule has 6 nitrogen and oxygen atoms in total. The number of primary amides is 1. The highest BCUT2D eigenvalue weighted by atomic mass is 32.2. The van der Waals surface area contributed by atoms with E-state index >= 15 is 0 Å². The van der Waals surface area contributed by atoms with Crippen LogP contribution in [0.1, 0.15) is 36.8 Å². The Hall–Kier alpha value is -1.91. The molecule has 1 saturated carbocycles. The summed E-state index contributed by atoms with van der Waals surface area (Å²) < 4.78 is 26.6. The molecule has 0 heterocycles. The number of nitrogens with zero attached hydrogens (tertiary/aromatic N) is 2. The number of benzene rings is 1. The summed E-state index contributed by atoms with van der Waals surface area (Å²) in [6, 6.07) is 8.31. The molecule has 7 heteroatoms. The number of hydrogen-bond acceptors (Lipinski definition) is 4. The van der Waals surface area contributed by atoms with Crippen molar-refractivity contribution in [3.63, 3.8) is 0 Å². The summed E-state index contributed by atoms with van der Waals surface area (Å²) in [5, 5.41) is 8.89. The molecular weight excluding hydrogens is 302 g/mol. The van der Waals surface area contributed by atoms with Crippen LogP contribution in [0.15, 0.2) is 24.3 Å². The Kier molecular flexibility index (Phi) is 5.16. The maximum absolute atomic E-state index is 12.7. The molecule has 0 spiro atoms. The zero-order valence-electron chi connectivity index (χ0n) is 12.2. The standard InChI is InChI=1S/C15H19N3O3S/c16-9-12-4-3-5-13(8-12)11-22(20,21)18(10-15(17)19)14-6-1-2-7-14/h3-5,8,14H,1-2,6-7,10-11H2,(H2,17,19). The van der Waals surface area contributed by atoms with Crippen LogP contribution in [0.4, 0.5) is 0 Å². The third-order valence-electron chi connectivity index (χ3n) is 3.81. The number of carbonyl (C=O) groups is 1. The number of rotatable bonds is 6. The number of sulfonamides is 1. The van der Waals surface area contributed by atoms with Gasteiger partial charge in [0.2, 0.25) is 15.9 Å². The van der Waals surface area contributed by atoms with Crippen molar-refractivity contribution in [2.45, 2.75) is 37.5 Å². The van der Waals surface area contributed by atoms with Crippen LogP contribution in [0.2, 0.25) is 0 Å². The fourth-order valence-corrected chi connectivity index (χ4v) is 4.58. The molecule has 0 aromatic heterocycles. The SMILES string of the molecule is N#Cc1cccc(CS(=O)(=O)N(CC(N)=O)C2CCCC2)c1. The largest absolute Gasteiger partial charge is 0.369 e. The number of carbonyl (C=O) groups excluding carboxylic acids is 1. The zero-order chi connectivity index (χ0) is 16.2. The topological polar surface area (TPSA) is 104 Å². The van der Waals surface area contributed by atoms with Gasteiger partial charge in [-0.05, 0) is 30.5 Å². The number of hydrogen-bond donors (Lipinski definition) is 1. The van der Waals surface area contributed by atoms with E-state index < -0.39 is 15.9 Å². The third-order valence-corrected chi connectivity index (χ3v) is 5.65. The van der Waals surface area contributed by atoms with E-state index in [0.717, 1.165) is 25.7 Å². The molecule has 1 aromatic rings. The molecule has 0 bridgehead atoms. The van der Waals surface area contributed by atoms with Gasteiger partial charge in [0.05, 0.1) is 23.9 Å². The van der Waals surface area contributed by atoms with Crippen molar-refractivity contribution in [3.8, 4) is 6.07 Å². The Morgan fingerprint density at radius 3 is 2.64 bits per heavy atom. The molecule has 118 valence electrons. The minimum Gasteiger partial charge on any atom is -0.369 e. The average molecular weight is 321 g/mol. The highest BCUT2D eigenvalue weighted by molar-refractivity contribution is 7.88. The summed E-state index contributed by atoms with van der Waals surface area (Å²) in [6.07, 6.45) is 3.42. The van der Waals surface area contributed by atoms with E-state index in [0.29, 0.717) is 11.1 Å². The molecule has 0 atom stereocenters. The number of amides is 1. The van der Waals surface area contributed by atoms with Crippen molar-refractivity contribution in [3.05, 3.63) is 35.4 Å². The molecule has 0 aliphatic heterocycles. The number of nitrogens with two attached hydrogens (primary N) is 1. The van der Waals surface area contributed by atoms with E-state index in [1.165, 1.54) is 4.31 Å². The van der Waals surface area contributed by atoms with Crippen molar-refractivity contribution in [2.24, 2.45) is 5.73 Å². The van der Waals surface area contributed by atoms with E-state index in [9.17, 15) is 13.2 Å². The molecule has 22 heavy (non-hydrogen) atoms. The van der Waals surface area contributed by atoms with Crippen LogP contribution >= 0.6 is 0 Å².